The summed E-state index contributed by atoms with van der Waals surface area (Å²) in [7, 11) is 1.20. The van der Waals surface area contributed by atoms with Gasteiger partial charge in [0.1, 0.15) is 0 Å². The van der Waals surface area contributed by atoms with Gasteiger partial charge in [0.05, 0.1) is 0 Å². The third-order valence-corrected chi connectivity index (χ3v) is 1.78. The van der Waals surface area contributed by atoms with Gasteiger partial charge >= 0.3 is 0 Å². The van der Waals surface area contributed by atoms with Crippen LogP contribution in [0.5, 0.6) is 0 Å². The van der Waals surface area contributed by atoms with E-state index in [9.17, 15) is 0 Å². The molecular weight excluding hydrogens is 127 g/mol. The maximum Gasteiger partial charge on any atom is -0.0152 e. The zero-order valence-electron chi connectivity index (χ0n) is 5.12. The second-order valence-corrected chi connectivity index (χ2v) is 2.79. The molecule has 0 aliphatic heterocycles. The van der Waals surface area contributed by atoms with Crippen molar-refractivity contribution >= 4 is 13.9 Å². The van der Waals surface area contributed by atoms with Crippen LogP contribution in [0.25, 0.3) is 0 Å². The van der Waals surface area contributed by atoms with Crippen LogP contribution in [0.4, 0.5) is 0 Å². The first-order valence-electron chi connectivity index (χ1n) is 2.80. The molecule has 0 fully saturated rings. The van der Waals surface area contributed by atoms with Crippen LogP contribution < -0.4 is 5.30 Å². The Morgan fingerprint density at radius 3 is 2.44 bits per heavy atom. The summed E-state index contributed by atoms with van der Waals surface area (Å²) in [6, 6.07) is 10.3. The van der Waals surface area contributed by atoms with E-state index in [4.69, 9.17) is 0 Å². The molecule has 1 aromatic rings. The lowest BCUT2D eigenvalue weighted by atomic mass is 10.4. The first kappa shape index (κ1) is 6.51. The van der Waals surface area contributed by atoms with E-state index >= 15 is 0 Å². The Kier molecular flexibility index (Phi) is 2.48. The van der Waals surface area contributed by atoms with E-state index in [1.54, 1.807) is 0 Å². The molecule has 0 bridgehead atoms. The normalized spacial score (nSPS) is 10.2. The molecule has 0 nitrogen and oxygen atoms in total. The van der Waals surface area contributed by atoms with Crippen LogP contribution in [0.15, 0.2) is 42.7 Å². The summed E-state index contributed by atoms with van der Waals surface area (Å²) >= 11 is 0. The molecule has 0 atom stereocenters. The minimum Gasteiger partial charge on any atom is -0.0979 e. The van der Waals surface area contributed by atoms with Gasteiger partial charge in [0, 0.05) is 0 Å². The van der Waals surface area contributed by atoms with Crippen molar-refractivity contribution in [1.82, 2.24) is 0 Å². The Balaban J connectivity index is 2.72. The molecule has 0 aromatic heterocycles. The van der Waals surface area contributed by atoms with Crippen molar-refractivity contribution in [2.24, 2.45) is 0 Å². The Labute approximate surface area is 57.4 Å². The SMILES string of the molecule is C=C[P]c1ccccc1. The van der Waals surface area contributed by atoms with Gasteiger partial charge in [0.25, 0.3) is 0 Å². The fraction of sp³-hybridized carbons (Fsp3) is 0. The highest BCUT2D eigenvalue weighted by Gasteiger charge is 1.83. The van der Waals surface area contributed by atoms with Crippen molar-refractivity contribution in [1.29, 1.82) is 0 Å². The molecule has 0 heterocycles. The maximum atomic E-state index is 3.64. The van der Waals surface area contributed by atoms with Crippen molar-refractivity contribution in [3.63, 3.8) is 0 Å². The molecule has 0 saturated carbocycles. The van der Waals surface area contributed by atoms with Crippen LogP contribution >= 0.6 is 8.58 Å². The second kappa shape index (κ2) is 3.42. The summed E-state index contributed by atoms with van der Waals surface area (Å²) in [4.78, 5) is 0. The van der Waals surface area contributed by atoms with Crippen LogP contribution in [0.2, 0.25) is 0 Å². The van der Waals surface area contributed by atoms with Crippen molar-refractivity contribution in [3.05, 3.63) is 42.7 Å². The van der Waals surface area contributed by atoms with Crippen molar-refractivity contribution in [2.75, 3.05) is 0 Å². The Bertz CT molecular complexity index is 179. The minimum atomic E-state index is 1.20. The summed E-state index contributed by atoms with van der Waals surface area (Å²) in [5.74, 6) is 1.88. The average Bonchev–Trinajstić information content (AvgIpc) is 1.91. The minimum absolute atomic E-state index is 1.20. The van der Waals surface area contributed by atoms with Gasteiger partial charge in [0.2, 0.25) is 0 Å². The molecular formula is C8H8P. The van der Waals surface area contributed by atoms with Crippen LogP contribution in [0, 0.1) is 0 Å². The Hall–Kier alpha value is -0.610. The van der Waals surface area contributed by atoms with E-state index in [1.165, 1.54) is 13.9 Å². The standard InChI is InChI=1S/C8H8P/c1-2-9-8-6-4-3-5-7-8/h2-7H,1H2. The molecule has 1 heteroatoms. The highest BCUT2D eigenvalue weighted by atomic mass is 31.1. The number of benzene rings is 1. The van der Waals surface area contributed by atoms with Crippen molar-refractivity contribution < 1.29 is 0 Å². The summed E-state index contributed by atoms with van der Waals surface area (Å²) < 4.78 is 0. The van der Waals surface area contributed by atoms with Gasteiger partial charge in [-0.2, -0.15) is 0 Å². The molecule has 0 aliphatic carbocycles. The quantitative estimate of drug-likeness (QED) is 0.546. The third-order valence-electron chi connectivity index (χ3n) is 0.997. The highest BCUT2D eigenvalue weighted by Crippen LogP contribution is 2.08. The molecule has 1 radical (unpaired) electrons. The van der Waals surface area contributed by atoms with E-state index in [1.807, 2.05) is 24.0 Å². The molecule has 0 aliphatic rings. The Morgan fingerprint density at radius 1 is 1.22 bits per heavy atom. The van der Waals surface area contributed by atoms with Gasteiger partial charge in [-0.3, -0.25) is 0 Å². The lowest BCUT2D eigenvalue weighted by Crippen LogP contribution is -1.87. The van der Waals surface area contributed by atoms with Gasteiger partial charge < -0.3 is 0 Å². The van der Waals surface area contributed by atoms with E-state index in [0.29, 0.717) is 0 Å². The Morgan fingerprint density at radius 2 is 1.89 bits per heavy atom. The largest absolute Gasteiger partial charge is 0.0979 e. The monoisotopic (exact) mass is 135 g/mol. The number of rotatable bonds is 2. The lowest BCUT2D eigenvalue weighted by molar-refractivity contribution is 1.78. The van der Waals surface area contributed by atoms with Gasteiger partial charge in [-0.05, 0) is 13.9 Å². The van der Waals surface area contributed by atoms with Crippen LogP contribution in [-0.4, -0.2) is 0 Å². The van der Waals surface area contributed by atoms with Gasteiger partial charge in [-0.25, -0.2) is 0 Å². The molecule has 1 aromatic carbocycles. The van der Waals surface area contributed by atoms with Crippen molar-refractivity contribution in [2.45, 2.75) is 0 Å². The molecule has 0 saturated heterocycles. The first-order valence-corrected chi connectivity index (χ1v) is 3.76. The zero-order valence-corrected chi connectivity index (χ0v) is 6.01. The average molecular weight is 135 g/mol. The lowest BCUT2D eigenvalue weighted by Gasteiger charge is -1.90. The van der Waals surface area contributed by atoms with Crippen LogP contribution in [0.1, 0.15) is 0 Å². The van der Waals surface area contributed by atoms with Crippen molar-refractivity contribution in [3.8, 4) is 0 Å². The molecule has 0 amide bonds. The first-order chi connectivity index (χ1) is 4.43. The predicted octanol–water partition coefficient (Wildman–Crippen LogP) is 2.40. The molecule has 9 heavy (non-hydrogen) atoms. The van der Waals surface area contributed by atoms with Gasteiger partial charge in [-0.15, -0.1) is 0 Å². The fourth-order valence-electron chi connectivity index (χ4n) is 0.619. The highest BCUT2D eigenvalue weighted by molar-refractivity contribution is 7.50. The van der Waals surface area contributed by atoms with Gasteiger partial charge in [-0.1, -0.05) is 42.7 Å². The smallest absolute Gasteiger partial charge is 0.0152 e. The van der Waals surface area contributed by atoms with E-state index in [-0.39, 0.29) is 0 Å². The summed E-state index contributed by atoms with van der Waals surface area (Å²) in [5.41, 5.74) is 0. The molecule has 45 valence electrons. The van der Waals surface area contributed by atoms with E-state index < -0.39 is 0 Å². The van der Waals surface area contributed by atoms with Crippen LogP contribution in [0.3, 0.4) is 0 Å². The number of hydrogen-bond donors (Lipinski definition) is 0. The maximum absolute atomic E-state index is 3.64. The molecule has 1 rings (SSSR count). The summed E-state index contributed by atoms with van der Waals surface area (Å²) in [6.45, 7) is 3.64. The summed E-state index contributed by atoms with van der Waals surface area (Å²) in [6.07, 6.45) is 0. The number of hydrogen-bond acceptors (Lipinski definition) is 0. The molecule has 0 unspecified atom stereocenters. The topological polar surface area (TPSA) is 0 Å². The van der Waals surface area contributed by atoms with E-state index in [2.05, 4.69) is 18.7 Å². The van der Waals surface area contributed by atoms with Crippen LogP contribution in [-0.2, 0) is 0 Å². The second-order valence-electron chi connectivity index (χ2n) is 1.65. The zero-order chi connectivity index (χ0) is 6.53. The van der Waals surface area contributed by atoms with Gasteiger partial charge in [0.15, 0.2) is 0 Å². The fourth-order valence-corrected chi connectivity index (χ4v) is 1.17. The summed E-state index contributed by atoms with van der Waals surface area (Å²) in [5, 5.41) is 1.30. The predicted molar refractivity (Wildman–Crippen MR) is 43.2 cm³/mol. The van der Waals surface area contributed by atoms with E-state index in [0.717, 1.165) is 0 Å². The third kappa shape index (κ3) is 1.99. The molecule has 0 N–H and O–H groups in total. The molecule has 0 spiro atoms.